The number of aromatic nitrogens is 4. The van der Waals surface area contributed by atoms with Gasteiger partial charge in [-0.2, -0.15) is 4.98 Å². The smallest absolute Gasteiger partial charge is 0.350 e. The maximum absolute atomic E-state index is 15.1. The highest BCUT2D eigenvalue weighted by Crippen LogP contribution is 2.38. The molecule has 0 N–H and O–H groups in total. The SMILES string of the molecule is C=CC(=O)N1CCN(c2nc(=O)n(-c3c(S(=O)(=O)C(C)C)ccnc3C)c3nc(-c4c(F)cccc4Cl)c(Cl)cc23)[C@@H](C)C1. The molecule has 14 heteroatoms. The van der Waals surface area contributed by atoms with Gasteiger partial charge in [0.05, 0.1) is 48.2 Å². The summed E-state index contributed by atoms with van der Waals surface area (Å²) in [6.07, 6.45) is 2.60. The van der Waals surface area contributed by atoms with E-state index in [1.165, 1.54) is 56.5 Å². The number of aryl methyl sites for hydroxylation is 1. The van der Waals surface area contributed by atoms with Gasteiger partial charge in [0.1, 0.15) is 11.6 Å². The Morgan fingerprint density at radius 1 is 1.16 bits per heavy atom. The summed E-state index contributed by atoms with van der Waals surface area (Å²) in [6.45, 7) is 11.1. The molecular weight excluding hydrogens is 630 g/mol. The van der Waals surface area contributed by atoms with E-state index in [2.05, 4.69) is 21.5 Å². The fourth-order valence-electron chi connectivity index (χ4n) is 5.32. The van der Waals surface area contributed by atoms with Gasteiger partial charge in [-0.25, -0.2) is 27.2 Å². The van der Waals surface area contributed by atoms with Crippen LogP contribution in [-0.2, 0) is 14.6 Å². The Hall–Kier alpha value is -3.87. The van der Waals surface area contributed by atoms with Gasteiger partial charge in [-0.3, -0.25) is 9.78 Å². The molecule has 1 saturated heterocycles. The third-order valence-corrected chi connectivity index (χ3v) is 10.4. The van der Waals surface area contributed by atoms with Gasteiger partial charge in [-0.1, -0.05) is 35.8 Å². The molecule has 0 radical (unpaired) electrons. The van der Waals surface area contributed by atoms with E-state index >= 15 is 4.39 Å². The standard InChI is InChI=1S/C30H29Cl2FN6O4S/c1-6-24(40)37-12-13-38(17(4)15-37)28-19-14-21(32)26(25-20(31)8-7-9-22(25)33)35-29(19)39(30(41)36-28)27-18(5)34-11-10-23(27)44(42,43)16(2)3/h6-11,14,16-17H,1,12-13,15H2,2-5H3/t17-/m0/s1. The highest BCUT2D eigenvalue weighted by atomic mass is 35.5. The highest BCUT2D eigenvalue weighted by molar-refractivity contribution is 7.92. The van der Waals surface area contributed by atoms with Crippen LogP contribution in [0.5, 0.6) is 0 Å². The normalized spacial score (nSPS) is 15.7. The lowest BCUT2D eigenvalue weighted by atomic mass is 10.1. The number of piperazine rings is 1. The molecule has 1 aliphatic rings. The van der Waals surface area contributed by atoms with E-state index in [1.54, 1.807) is 11.8 Å². The van der Waals surface area contributed by atoms with E-state index in [4.69, 9.17) is 23.2 Å². The summed E-state index contributed by atoms with van der Waals surface area (Å²) in [7, 11) is -3.92. The van der Waals surface area contributed by atoms with E-state index in [9.17, 15) is 18.0 Å². The second kappa shape index (κ2) is 11.9. The molecule has 230 valence electrons. The topological polar surface area (TPSA) is 118 Å². The van der Waals surface area contributed by atoms with Crippen LogP contribution in [0.2, 0.25) is 10.0 Å². The number of nitrogens with zero attached hydrogens (tertiary/aromatic N) is 6. The second-order valence-corrected chi connectivity index (χ2v) is 14.0. The molecular formula is C30H29Cl2FN6O4S. The number of hydrogen-bond acceptors (Lipinski definition) is 8. The number of sulfone groups is 1. The lowest BCUT2D eigenvalue weighted by molar-refractivity contribution is -0.126. The molecule has 1 fully saturated rings. The molecule has 0 unspecified atom stereocenters. The molecule has 1 amide bonds. The number of rotatable bonds is 6. The maximum atomic E-state index is 15.1. The maximum Gasteiger partial charge on any atom is 0.355 e. The van der Waals surface area contributed by atoms with Crippen molar-refractivity contribution in [3.8, 4) is 16.9 Å². The summed E-state index contributed by atoms with van der Waals surface area (Å²) >= 11 is 13.1. The van der Waals surface area contributed by atoms with Crippen molar-refractivity contribution in [2.45, 2.75) is 43.9 Å². The highest BCUT2D eigenvalue weighted by Gasteiger charge is 2.32. The van der Waals surface area contributed by atoms with Crippen molar-refractivity contribution in [1.29, 1.82) is 0 Å². The summed E-state index contributed by atoms with van der Waals surface area (Å²) < 4.78 is 43.2. The quantitative estimate of drug-likeness (QED) is 0.266. The zero-order valence-electron chi connectivity index (χ0n) is 24.4. The Morgan fingerprint density at radius 2 is 1.89 bits per heavy atom. The third kappa shape index (κ3) is 5.35. The van der Waals surface area contributed by atoms with Crippen LogP contribution in [0, 0.1) is 12.7 Å². The molecule has 10 nitrogen and oxygen atoms in total. The van der Waals surface area contributed by atoms with Gasteiger partial charge < -0.3 is 9.80 Å². The van der Waals surface area contributed by atoms with Gasteiger partial charge >= 0.3 is 5.69 Å². The molecule has 0 aliphatic carbocycles. The lowest BCUT2D eigenvalue weighted by Gasteiger charge is -2.40. The largest absolute Gasteiger partial charge is 0.355 e. The first kappa shape index (κ1) is 31.6. The van der Waals surface area contributed by atoms with Crippen molar-refractivity contribution in [3.05, 3.63) is 81.2 Å². The van der Waals surface area contributed by atoms with Crippen molar-refractivity contribution in [2.24, 2.45) is 0 Å². The van der Waals surface area contributed by atoms with Crippen molar-refractivity contribution in [1.82, 2.24) is 24.4 Å². The van der Waals surface area contributed by atoms with Crippen molar-refractivity contribution >= 4 is 55.8 Å². The van der Waals surface area contributed by atoms with Gasteiger partial charge in [0.25, 0.3) is 0 Å². The van der Waals surface area contributed by atoms with Gasteiger partial charge in [-0.05, 0) is 58.0 Å². The van der Waals surface area contributed by atoms with Gasteiger partial charge in [-0.15, -0.1) is 0 Å². The summed E-state index contributed by atoms with van der Waals surface area (Å²) in [5.74, 6) is -0.673. The number of carbonyl (C=O) groups is 1. The second-order valence-electron chi connectivity index (χ2n) is 10.7. The molecule has 1 aliphatic heterocycles. The van der Waals surface area contributed by atoms with Crippen molar-refractivity contribution in [2.75, 3.05) is 24.5 Å². The average molecular weight is 660 g/mol. The minimum absolute atomic E-state index is 0.0215. The molecule has 1 atom stereocenters. The molecule has 1 aromatic carbocycles. The fraction of sp³-hybridized carbons (Fsp3) is 0.300. The Morgan fingerprint density at radius 3 is 2.52 bits per heavy atom. The molecule has 0 saturated carbocycles. The van der Waals surface area contributed by atoms with Gasteiger partial charge in [0.2, 0.25) is 5.91 Å². The molecule has 44 heavy (non-hydrogen) atoms. The number of carbonyl (C=O) groups excluding carboxylic acids is 1. The van der Waals surface area contributed by atoms with E-state index in [1.807, 2.05) is 11.8 Å². The summed E-state index contributed by atoms with van der Waals surface area (Å²) in [5, 5.41) is -0.442. The molecule has 4 heterocycles. The first-order valence-electron chi connectivity index (χ1n) is 13.7. The number of amides is 1. The third-order valence-electron chi connectivity index (χ3n) is 7.61. The number of halogens is 3. The minimum atomic E-state index is -3.92. The number of fused-ring (bicyclic) bond motifs is 1. The summed E-state index contributed by atoms with van der Waals surface area (Å²) in [5.41, 5.74) is -0.771. The zero-order valence-corrected chi connectivity index (χ0v) is 26.7. The van der Waals surface area contributed by atoms with Crippen LogP contribution in [0.1, 0.15) is 26.5 Å². The molecule has 4 aromatic rings. The van der Waals surface area contributed by atoms with Crippen LogP contribution in [0.3, 0.4) is 0 Å². The first-order chi connectivity index (χ1) is 20.8. The van der Waals surface area contributed by atoms with Crippen molar-refractivity contribution < 1.29 is 17.6 Å². The Kier molecular flexibility index (Phi) is 8.54. The molecule has 3 aromatic heterocycles. The van der Waals surface area contributed by atoms with Crippen LogP contribution >= 0.6 is 23.2 Å². The van der Waals surface area contributed by atoms with Gasteiger partial charge in [0, 0.05) is 31.9 Å². The van der Waals surface area contributed by atoms with Crippen LogP contribution < -0.4 is 10.6 Å². The van der Waals surface area contributed by atoms with E-state index in [0.717, 1.165) is 4.57 Å². The number of anilines is 1. The number of pyridine rings is 2. The van der Waals surface area contributed by atoms with E-state index < -0.39 is 26.6 Å². The predicted molar refractivity (Wildman–Crippen MR) is 169 cm³/mol. The minimum Gasteiger partial charge on any atom is -0.350 e. The van der Waals surface area contributed by atoms with Crippen LogP contribution in [0.25, 0.3) is 28.0 Å². The average Bonchev–Trinajstić information content (AvgIpc) is 2.97. The molecule has 0 spiro atoms. The lowest BCUT2D eigenvalue weighted by Crippen LogP contribution is -2.54. The first-order valence-corrected chi connectivity index (χ1v) is 16.0. The predicted octanol–water partition coefficient (Wildman–Crippen LogP) is 5.00. The monoisotopic (exact) mass is 658 g/mol. The molecule has 0 bridgehead atoms. The van der Waals surface area contributed by atoms with Gasteiger partial charge in [0.15, 0.2) is 15.5 Å². The number of hydrogen-bond donors (Lipinski definition) is 0. The Bertz CT molecular complexity index is 1980. The summed E-state index contributed by atoms with van der Waals surface area (Å²) in [4.78, 5) is 43.1. The fourth-order valence-corrected chi connectivity index (χ4v) is 7.08. The molecule has 5 rings (SSSR count). The van der Waals surface area contributed by atoms with Crippen LogP contribution in [0.15, 0.2) is 58.9 Å². The van der Waals surface area contributed by atoms with Crippen molar-refractivity contribution in [3.63, 3.8) is 0 Å². The van der Waals surface area contributed by atoms with Crippen LogP contribution in [-0.4, -0.2) is 69.7 Å². The van der Waals surface area contributed by atoms with E-state index in [0.29, 0.717) is 25.0 Å². The Balaban J connectivity index is 1.87. The number of benzene rings is 1. The zero-order chi connectivity index (χ0) is 32.1. The Labute approximate surface area is 263 Å². The summed E-state index contributed by atoms with van der Waals surface area (Å²) in [6, 6.07) is 6.68. The van der Waals surface area contributed by atoms with Crippen LogP contribution in [0.4, 0.5) is 10.2 Å². The van der Waals surface area contributed by atoms with E-state index in [-0.39, 0.29) is 61.0 Å².